The smallest absolute Gasteiger partial charge is 0.255 e. The Morgan fingerprint density at radius 3 is 2.50 bits per heavy atom. The zero-order valence-corrected chi connectivity index (χ0v) is 18.6. The first-order valence-corrected chi connectivity index (χ1v) is 12.2. The summed E-state index contributed by atoms with van der Waals surface area (Å²) in [6, 6.07) is 19.5. The maximum absolute atomic E-state index is 13.0. The third-order valence-corrected chi connectivity index (χ3v) is 8.13. The normalized spacial score (nSPS) is 17.6. The van der Waals surface area contributed by atoms with Gasteiger partial charge in [-0.05, 0) is 62.2 Å². The third kappa shape index (κ3) is 3.67. The average Bonchev–Trinajstić information content (AvgIpc) is 3.17. The van der Waals surface area contributed by atoms with Gasteiger partial charge >= 0.3 is 0 Å². The van der Waals surface area contributed by atoms with Gasteiger partial charge in [0.15, 0.2) is 0 Å². The van der Waals surface area contributed by atoms with Crippen molar-refractivity contribution in [1.82, 2.24) is 4.31 Å². The summed E-state index contributed by atoms with van der Waals surface area (Å²) in [7, 11) is -3.56. The summed E-state index contributed by atoms with van der Waals surface area (Å²) in [6.45, 7) is 2.48. The highest BCUT2D eigenvalue weighted by molar-refractivity contribution is 7.89. The first-order chi connectivity index (χ1) is 15.4. The quantitative estimate of drug-likeness (QED) is 0.453. The Balaban J connectivity index is 1.35. The van der Waals surface area contributed by atoms with Gasteiger partial charge in [-0.1, -0.05) is 24.6 Å². The molecular formula is C25H24N2O4S. The number of carbonyl (C=O) groups is 1. The van der Waals surface area contributed by atoms with E-state index in [0.29, 0.717) is 23.4 Å². The summed E-state index contributed by atoms with van der Waals surface area (Å²) in [4.78, 5) is 12.9. The number of fused-ring (bicyclic) bond motifs is 3. The Labute approximate surface area is 186 Å². The van der Waals surface area contributed by atoms with E-state index in [2.05, 4.69) is 5.32 Å². The first-order valence-electron chi connectivity index (χ1n) is 10.8. The molecule has 1 atom stereocenters. The maximum atomic E-state index is 13.0. The fraction of sp³-hybridized carbons (Fsp3) is 0.240. The fourth-order valence-electron chi connectivity index (χ4n) is 4.35. The lowest BCUT2D eigenvalue weighted by Gasteiger charge is -2.32. The molecule has 1 aromatic heterocycles. The predicted octanol–water partition coefficient (Wildman–Crippen LogP) is 5.40. The van der Waals surface area contributed by atoms with Crippen molar-refractivity contribution < 1.29 is 17.6 Å². The molecule has 7 heteroatoms. The molecule has 164 valence electrons. The highest BCUT2D eigenvalue weighted by Gasteiger charge is 2.30. The number of anilines is 1. The van der Waals surface area contributed by atoms with E-state index in [0.717, 1.165) is 35.6 Å². The standard InChI is InChI=1S/C25H24N2O4S/c1-17-6-4-5-15-27(17)32(29,30)20-12-9-18(10-13-20)25(28)26-19-11-14-22-21-7-2-3-8-23(21)31-24(22)16-19/h2-3,7-14,16-17H,4-6,15H2,1H3,(H,26,28)/t17-/m1/s1. The maximum Gasteiger partial charge on any atom is 0.255 e. The number of nitrogens with zero attached hydrogens (tertiary/aromatic N) is 1. The van der Waals surface area contributed by atoms with E-state index in [4.69, 9.17) is 4.42 Å². The Bertz CT molecular complexity index is 1410. The van der Waals surface area contributed by atoms with Gasteiger partial charge in [-0.25, -0.2) is 8.42 Å². The second-order valence-electron chi connectivity index (χ2n) is 8.25. The summed E-state index contributed by atoms with van der Waals surface area (Å²) < 4.78 is 33.4. The summed E-state index contributed by atoms with van der Waals surface area (Å²) in [6.07, 6.45) is 2.79. The Hall–Kier alpha value is -3.16. The molecule has 32 heavy (non-hydrogen) atoms. The zero-order valence-electron chi connectivity index (χ0n) is 17.7. The third-order valence-electron chi connectivity index (χ3n) is 6.10. The Kier molecular flexibility index (Phi) is 5.23. The minimum Gasteiger partial charge on any atom is -0.456 e. The van der Waals surface area contributed by atoms with Crippen molar-refractivity contribution >= 4 is 43.6 Å². The molecule has 1 aliphatic heterocycles. The topological polar surface area (TPSA) is 79.6 Å². The Morgan fingerprint density at radius 2 is 1.72 bits per heavy atom. The van der Waals surface area contributed by atoms with Crippen LogP contribution >= 0.6 is 0 Å². The number of rotatable bonds is 4. The molecule has 0 unspecified atom stereocenters. The molecule has 0 aliphatic carbocycles. The lowest BCUT2D eigenvalue weighted by molar-refractivity contribution is 0.102. The molecule has 4 aromatic rings. The van der Waals surface area contributed by atoms with Crippen LogP contribution in [0.3, 0.4) is 0 Å². The summed E-state index contributed by atoms with van der Waals surface area (Å²) in [5.41, 5.74) is 2.49. The molecule has 0 radical (unpaired) electrons. The number of furan rings is 1. The van der Waals surface area contributed by atoms with Gasteiger partial charge in [-0.15, -0.1) is 0 Å². The molecule has 0 bridgehead atoms. The second-order valence-corrected chi connectivity index (χ2v) is 10.1. The van der Waals surface area contributed by atoms with Crippen molar-refractivity contribution in [3.8, 4) is 0 Å². The van der Waals surface area contributed by atoms with Crippen molar-refractivity contribution in [2.45, 2.75) is 37.1 Å². The highest BCUT2D eigenvalue weighted by Crippen LogP contribution is 2.30. The summed E-state index contributed by atoms with van der Waals surface area (Å²) in [5.74, 6) is -0.309. The van der Waals surface area contributed by atoms with E-state index < -0.39 is 10.0 Å². The molecule has 0 saturated carbocycles. The van der Waals surface area contributed by atoms with Crippen LogP contribution in [0.5, 0.6) is 0 Å². The van der Waals surface area contributed by atoms with Crippen molar-refractivity contribution in [2.75, 3.05) is 11.9 Å². The fourth-order valence-corrected chi connectivity index (χ4v) is 6.05. The van der Waals surface area contributed by atoms with Gasteiger partial charge < -0.3 is 9.73 Å². The van der Waals surface area contributed by atoms with Gasteiger partial charge in [-0.3, -0.25) is 4.79 Å². The molecule has 0 spiro atoms. The number of para-hydroxylation sites is 1. The van der Waals surface area contributed by atoms with Crippen molar-refractivity contribution in [3.63, 3.8) is 0 Å². The van der Waals surface area contributed by atoms with Gasteiger partial charge in [-0.2, -0.15) is 4.31 Å². The number of amides is 1. The number of hydrogen-bond acceptors (Lipinski definition) is 4. The van der Waals surface area contributed by atoms with Crippen LogP contribution in [0.4, 0.5) is 5.69 Å². The Morgan fingerprint density at radius 1 is 0.969 bits per heavy atom. The van der Waals surface area contributed by atoms with Crippen LogP contribution in [0.25, 0.3) is 21.9 Å². The predicted molar refractivity (Wildman–Crippen MR) is 125 cm³/mol. The van der Waals surface area contributed by atoms with Crippen LogP contribution in [0.1, 0.15) is 36.5 Å². The number of carbonyl (C=O) groups excluding carboxylic acids is 1. The lowest BCUT2D eigenvalue weighted by atomic mass is 10.1. The van der Waals surface area contributed by atoms with E-state index in [1.54, 1.807) is 22.5 Å². The van der Waals surface area contributed by atoms with E-state index in [1.807, 2.05) is 43.3 Å². The molecule has 1 aliphatic rings. The van der Waals surface area contributed by atoms with Crippen molar-refractivity contribution in [3.05, 3.63) is 72.3 Å². The molecular weight excluding hydrogens is 424 g/mol. The van der Waals surface area contributed by atoms with Crippen LogP contribution < -0.4 is 5.32 Å². The molecule has 1 N–H and O–H groups in total. The zero-order chi connectivity index (χ0) is 22.3. The van der Waals surface area contributed by atoms with E-state index in [-0.39, 0.29) is 16.8 Å². The van der Waals surface area contributed by atoms with Crippen LogP contribution in [0.15, 0.2) is 76.0 Å². The number of nitrogens with one attached hydrogen (secondary N) is 1. The van der Waals surface area contributed by atoms with Crippen molar-refractivity contribution in [2.24, 2.45) is 0 Å². The molecule has 2 heterocycles. The summed E-state index contributed by atoms with van der Waals surface area (Å²) in [5, 5.41) is 4.88. The summed E-state index contributed by atoms with van der Waals surface area (Å²) >= 11 is 0. The minimum absolute atomic E-state index is 0.00936. The van der Waals surface area contributed by atoms with E-state index >= 15 is 0 Å². The van der Waals surface area contributed by atoms with Crippen molar-refractivity contribution in [1.29, 1.82) is 0 Å². The molecule has 1 amide bonds. The van der Waals surface area contributed by atoms with Crippen LogP contribution in [0.2, 0.25) is 0 Å². The second kappa shape index (κ2) is 8.07. The van der Waals surface area contributed by atoms with Gasteiger partial charge in [0.2, 0.25) is 10.0 Å². The van der Waals surface area contributed by atoms with Gasteiger partial charge in [0.05, 0.1) is 4.90 Å². The molecule has 1 fully saturated rings. The van der Waals surface area contributed by atoms with Crippen LogP contribution in [-0.4, -0.2) is 31.2 Å². The minimum atomic E-state index is -3.56. The van der Waals surface area contributed by atoms with E-state index in [1.165, 1.54) is 12.1 Å². The number of benzene rings is 3. The number of hydrogen-bond donors (Lipinski definition) is 1. The SMILES string of the molecule is C[C@@H]1CCCCN1S(=O)(=O)c1ccc(C(=O)Nc2ccc3c(c2)oc2ccccc23)cc1. The largest absolute Gasteiger partial charge is 0.456 e. The number of piperidine rings is 1. The molecule has 5 rings (SSSR count). The first kappa shape index (κ1) is 20.7. The highest BCUT2D eigenvalue weighted by atomic mass is 32.2. The molecule has 1 saturated heterocycles. The van der Waals surface area contributed by atoms with Gasteiger partial charge in [0, 0.05) is 40.7 Å². The number of sulfonamides is 1. The van der Waals surface area contributed by atoms with Gasteiger partial charge in [0.1, 0.15) is 11.2 Å². The van der Waals surface area contributed by atoms with Crippen LogP contribution in [-0.2, 0) is 10.0 Å². The monoisotopic (exact) mass is 448 g/mol. The van der Waals surface area contributed by atoms with E-state index in [9.17, 15) is 13.2 Å². The van der Waals surface area contributed by atoms with Gasteiger partial charge in [0.25, 0.3) is 5.91 Å². The molecule has 6 nitrogen and oxygen atoms in total. The average molecular weight is 449 g/mol. The van der Waals surface area contributed by atoms with Crippen LogP contribution in [0, 0.1) is 0 Å². The molecule has 3 aromatic carbocycles. The lowest BCUT2D eigenvalue weighted by Crippen LogP contribution is -2.41.